The third-order valence-electron chi connectivity index (χ3n) is 11.2. The third-order valence-corrected chi connectivity index (χ3v) is 12.4. The van der Waals surface area contributed by atoms with Gasteiger partial charge in [0.2, 0.25) is 0 Å². The lowest BCUT2D eigenvalue weighted by molar-refractivity contribution is 0.404. The number of nitrogens with zero attached hydrogens (tertiary/aromatic N) is 2. The molecule has 0 saturated carbocycles. The van der Waals surface area contributed by atoms with Crippen LogP contribution in [0.2, 0.25) is 0 Å². The van der Waals surface area contributed by atoms with Gasteiger partial charge < -0.3 is 25.1 Å². The number of thiophene rings is 1. The minimum absolute atomic E-state index is 0.00962. The van der Waals surface area contributed by atoms with E-state index in [1.54, 1.807) is 0 Å². The third kappa shape index (κ3) is 5.37. The van der Waals surface area contributed by atoms with Crippen molar-refractivity contribution in [2.24, 2.45) is 0 Å². The molecule has 3 N–H and O–H groups in total. The summed E-state index contributed by atoms with van der Waals surface area (Å²) in [6, 6.07) is 26.7. The molecule has 54 heavy (non-hydrogen) atoms. The lowest BCUT2D eigenvalue weighted by Crippen LogP contribution is -2.61. The fourth-order valence-corrected chi connectivity index (χ4v) is 9.44. The van der Waals surface area contributed by atoms with E-state index in [1.165, 1.54) is 37.2 Å². The Balaban J connectivity index is 1.53. The Morgan fingerprint density at radius 2 is 1.11 bits per heavy atom. The van der Waals surface area contributed by atoms with Crippen LogP contribution in [0, 0.1) is 6.92 Å². The monoisotopic (exact) mass is 726 g/mol. The molecular formula is C45H45B3N2O3S. The number of benzene rings is 5. The first-order chi connectivity index (χ1) is 25.2. The van der Waals surface area contributed by atoms with Gasteiger partial charge in [0.1, 0.15) is 21.4 Å². The van der Waals surface area contributed by atoms with Crippen LogP contribution in [0.4, 0.5) is 34.1 Å². The van der Waals surface area contributed by atoms with E-state index in [0.29, 0.717) is 0 Å². The minimum Gasteiger partial charge on any atom is -0.506 e. The van der Waals surface area contributed by atoms with Crippen LogP contribution >= 0.6 is 11.3 Å². The van der Waals surface area contributed by atoms with Crippen LogP contribution < -0.4 is 36.4 Å². The zero-order chi connectivity index (χ0) is 39.0. The fraction of sp³-hybridized carbons (Fsp3) is 0.289. The molecule has 0 unspecified atom stereocenters. The molecule has 0 fully saturated rings. The van der Waals surface area contributed by atoms with Gasteiger partial charge >= 0.3 is 0 Å². The lowest BCUT2D eigenvalue weighted by Gasteiger charge is -2.44. The summed E-state index contributed by atoms with van der Waals surface area (Å²) in [4.78, 5) is 4.33. The highest BCUT2D eigenvalue weighted by Crippen LogP contribution is 2.50. The molecule has 268 valence electrons. The number of phenols is 3. The summed E-state index contributed by atoms with van der Waals surface area (Å²) in [6.07, 6.45) is 0. The van der Waals surface area contributed by atoms with Crippen LogP contribution in [-0.4, -0.2) is 37.7 Å². The summed E-state index contributed by atoms with van der Waals surface area (Å²) < 4.78 is 2.44. The topological polar surface area (TPSA) is 67.2 Å². The molecule has 0 bridgehead atoms. The zero-order valence-electron chi connectivity index (χ0n) is 32.8. The Bertz CT molecular complexity index is 2510. The van der Waals surface area contributed by atoms with E-state index in [1.807, 2.05) is 16.2 Å². The van der Waals surface area contributed by atoms with Crippen LogP contribution in [0.1, 0.15) is 84.6 Å². The molecule has 3 heterocycles. The van der Waals surface area contributed by atoms with Gasteiger partial charge in [-0.05, 0) is 110 Å². The Labute approximate surface area is 326 Å². The van der Waals surface area contributed by atoms with E-state index in [-0.39, 0.29) is 39.6 Å². The van der Waals surface area contributed by atoms with Crippen molar-refractivity contribution in [3.8, 4) is 17.2 Å². The zero-order valence-corrected chi connectivity index (χ0v) is 33.6. The summed E-state index contributed by atoms with van der Waals surface area (Å²) in [7, 11) is 12.9. The SMILES string of the molecule is [B]c1c(O)c(O)c([B])c(N2c3ccc(C(C)(C)C)cc3B3c4sc5ccc(C(C)(C)C)cc5c4N(c4ccc(C(C)(C)C)cc4)c4cc(C)cc2c43)c1O. The highest BCUT2D eigenvalue weighted by atomic mass is 32.1. The van der Waals surface area contributed by atoms with Crippen molar-refractivity contribution < 1.29 is 15.3 Å². The van der Waals surface area contributed by atoms with Crippen molar-refractivity contribution in [1.29, 1.82) is 0 Å². The number of aryl methyl sites for hydroxylation is 1. The molecule has 1 aromatic heterocycles. The molecule has 0 amide bonds. The van der Waals surface area contributed by atoms with Crippen molar-refractivity contribution in [3.05, 3.63) is 95.1 Å². The highest BCUT2D eigenvalue weighted by molar-refractivity contribution is 7.33. The molecule has 6 aromatic rings. The predicted octanol–water partition coefficient (Wildman–Crippen LogP) is 7.89. The van der Waals surface area contributed by atoms with Gasteiger partial charge in [-0.1, -0.05) is 92.6 Å². The molecule has 2 aliphatic heterocycles. The summed E-state index contributed by atoms with van der Waals surface area (Å²) in [5, 5.41) is 34.6. The molecule has 4 radical (unpaired) electrons. The number of phenolic OH excluding ortho intramolecular Hbond substituents is 3. The van der Waals surface area contributed by atoms with Gasteiger partial charge in [0.05, 0.1) is 11.4 Å². The number of hydrogen-bond acceptors (Lipinski definition) is 6. The normalized spacial score (nSPS) is 14.0. The number of fused-ring (bicyclic) bond motifs is 6. The van der Waals surface area contributed by atoms with Crippen molar-refractivity contribution in [2.45, 2.75) is 85.5 Å². The van der Waals surface area contributed by atoms with E-state index in [0.717, 1.165) is 39.2 Å². The van der Waals surface area contributed by atoms with Gasteiger partial charge in [-0.25, -0.2) is 0 Å². The van der Waals surface area contributed by atoms with Crippen molar-refractivity contribution in [1.82, 2.24) is 0 Å². The van der Waals surface area contributed by atoms with Crippen LogP contribution in [0.3, 0.4) is 0 Å². The van der Waals surface area contributed by atoms with Gasteiger partial charge in [0.15, 0.2) is 11.5 Å². The maximum absolute atomic E-state index is 11.7. The van der Waals surface area contributed by atoms with E-state index in [2.05, 4.69) is 147 Å². The molecule has 8 rings (SSSR count). The van der Waals surface area contributed by atoms with Gasteiger partial charge in [-0.3, -0.25) is 0 Å². The number of aromatic hydroxyl groups is 3. The van der Waals surface area contributed by atoms with Gasteiger partial charge in [0, 0.05) is 37.6 Å². The smallest absolute Gasteiger partial charge is 0.264 e. The van der Waals surface area contributed by atoms with E-state index >= 15 is 0 Å². The Morgan fingerprint density at radius 1 is 0.574 bits per heavy atom. The fourth-order valence-electron chi connectivity index (χ4n) is 8.14. The van der Waals surface area contributed by atoms with Gasteiger partial charge in [-0.2, -0.15) is 0 Å². The second-order valence-electron chi connectivity index (χ2n) is 18.1. The van der Waals surface area contributed by atoms with Crippen LogP contribution in [0.15, 0.2) is 72.8 Å². The first-order valence-electron chi connectivity index (χ1n) is 18.6. The average molecular weight is 726 g/mol. The van der Waals surface area contributed by atoms with Crippen LogP contribution in [0.25, 0.3) is 10.1 Å². The average Bonchev–Trinajstić information content (AvgIpc) is 3.48. The second-order valence-corrected chi connectivity index (χ2v) is 19.2. The largest absolute Gasteiger partial charge is 0.506 e. The van der Waals surface area contributed by atoms with E-state index in [4.69, 9.17) is 15.7 Å². The molecule has 0 aliphatic carbocycles. The summed E-state index contributed by atoms with van der Waals surface area (Å²) in [5.41, 5.74) is 11.1. The Kier molecular flexibility index (Phi) is 7.97. The first-order valence-corrected chi connectivity index (χ1v) is 19.4. The molecule has 2 aliphatic rings. The molecule has 9 heteroatoms. The summed E-state index contributed by atoms with van der Waals surface area (Å²) >= 11 is 1.83. The molecule has 0 atom stereocenters. The van der Waals surface area contributed by atoms with Crippen molar-refractivity contribution in [2.75, 3.05) is 9.80 Å². The second kappa shape index (κ2) is 11.9. The molecule has 0 saturated heterocycles. The number of hydrogen-bond donors (Lipinski definition) is 3. The maximum atomic E-state index is 11.7. The molecule has 0 spiro atoms. The quantitative estimate of drug-likeness (QED) is 0.0962. The Hall–Kier alpha value is -4.75. The van der Waals surface area contributed by atoms with Crippen molar-refractivity contribution in [3.63, 3.8) is 0 Å². The lowest BCUT2D eigenvalue weighted by atomic mass is 9.36. The molecule has 5 nitrogen and oxygen atoms in total. The first kappa shape index (κ1) is 36.2. The van der Waals surface area contributed by atoms with Crippen molar-refractivity contribution >= 4 is 105 Å². The maximum Gasteiger partial charge on any atom is 0.264 e. The van der Waals surface area contributed by atoms with E-state index in [9.17, 15) is 15.3 Å². The van der Waals surface area contributed by atoms with Gasteiger partial charge in [-0.15, -0.1) is 11.3 Å². The highest BCUT2D eigenvalue weighted by Gasteiger charge is 2.46. The van der Waals surface area contributed by atoms with E-state index < -0.39 is 17.2 Å². The number of anilines is 6. The number of rotatable bonds is 2. The molecular weight excluding hydrogens is 681 g/mol. The molecule has 5 aromatic carbocycles. The van der Waals surface area contributed by atoms with Crippen LogP contribution in [-0.2, 0) is 16.2 Å². The predicted molar refractivity (Wildman–Crippen MR) is 232 cm³/mol. The minimum atomic E-state index is -0.646. The van der Waals surface area contributed by atoms with Crippen LogP contribution in [0.5, 0.6) is 17.2 Å². The summed E-state index contributed by atoms with van der Waals surface area (Å²) in [5.74, 6) is -1.61. The van der Waals surface area contributed by atoms with Gasteiger partial charge in [0.25, 0.3) is 6.71 Å². The Morgan fingerprint density at radius 3 is 1.72 bits per heavy atom. The standard InChI is InChI=1S/C45H45B3N2O3S/c1-23-19-31-36-32(20-23)50(38-34(46)40(52)41(53)35(47)39(38)51)30-17-13-26(45(8,9)10)22-29(30)48(36)42-37(28-21-25(44(5,6)7)14-18-33(28)54-42)49(31)27-15-11-24(12-16-27)43(2,3)4/h11-22,51-53H,1-10H3. The summed E-state index contributed by atoms with van der Waals surface area (Å²) in [6.45, 7) is 22.0.